The van der Waals surface area contributed by atoms with Crippen LogP contribution < -0.4 is 10.2 Å². The smallest absolute Gasteiger partial charge is 0.128 e. The Morgan fingerprint density at radius 1 is 1.25 bits per heavy atom. The van der Waals surface area contributed by atoms with E-state index in [1.54, 1.807) is 0 Å². The Labute approximate surface area is 123 Å². The molecule has 20 heavy (non-hydrogen) atoms. The zero-order valence-electron chi connectivity index (χ0n) is 13.2. The predicted molar refractivity (Wildman–Crippen MR) is 86.1 cm³/mol. The van der Waals surface area contributed by atoms with Crippen molar-refractivity contribution in [1.82, 2.24) is 10.3 Å². The summed E-state index contributed by atoms with van der Waals surface area (Å²) in [6.07, 6.45) is 8.66. The fourth-order valence-electron chi connectivity index (χ4n) is 3.16. The van der Waals surface area contributed by atoms with Gasteiger partial charge in [0, 0.05) is 25.8 Å². The summed E-state index contributed by atoms with van der Waals surface area (Å²) in [6, 6.07) is 5.00. The van der Waals surface area contributed by atoms with Gasteiger partial charge < -0.3 is 10.2 Å². The molecule has 1 heterocycles. The Morgan fingerprint density at radius 3 is 2.65 bits per heavy atom. The molecule has 0 unspecified atom stereocenters. The van der Waals surface area contributed by atoms with Crippen molar-refractivity contribution < 1.29 is 0 Å². The second-order valence-corrected chi connectivity index (χ2v) is 6.00. The van der Waals surface area contributed by atoms with E-state index in [2.05, 4.69) is 48.2 Å². The molecule has 0 aliphatic heterocycles. The largest absolute Gasteiger partial charge is 0.357 e. The van der Waals surface area contributed by atoms with Gasteiger partial charge in [-0.3, -0.25) is 0 Å². The van der Waals surface area contributed by atoms with Crippen LogP contribution in [0.4, 0.5) is 5.82 Å². The number of nitrogens with zero attached hydrogens (tertiary/aromatic N) is 2. The van der Waals surface area contributed by atoms with Gasteiger partial charge >= 0.3 is 0 Å². The molecule has 1 aromatic heterocycles. The Hall–Kier alpha value is -1.09. The van der Waals surface area contributed by atoms with Gasteiger partial charge in [0.15, 0.2) is 0 Å². The minimum Gasteiger partial charge on any atom is -0.357 e. The lowest BCUT2D eigenvalue weighted by Gasteiger charge is -2.35. The van der Waals surface area contributed by atoms with E-state index in [0.29, 0.717) is 6.04 Å². The van der Waals surface area contributed by atoms with E-state index in [9.17, 15) is 0 Å². The molecule has 1 N–H and O–H groups in total. The quantitative estimate of drug-likeness (QED) is 0.860. The first-order valence-corrected chi connectivity index (χ1v) is 8.13. The van der Waals surface area contributed by atoms with Crippen molar-refractivity contribution >= 4 is 5.82 Å². The number of rotatable bonds is 6. The van der Waals surface area contributed by atoms with Crippen molar-refractivity contribution in [1.29, 1.82) is 0 Å². The van der Waals surface area contributed by atoms with E-state index in [0.717, 1.165) is 24.8 Å². The van der Waals surface area contributed by atoms with Gasteiger partial charge in [-0.15, -0.1) is 0 Å². The highest BCUT2D eigenvalue weighted by Crippen LogP contribution is 2.30. The number of anilines is 1. The average Bonchev–Trinajstić information content (AvgIpc) is 2.52. The van der Waals surface area contributed by atoms with Crippen LogP contribution in [0.15, 0.2) is 18.3 Å². The third-order valence-electron chi connectivity index (χ3n) is 4.69. The van der Waals surface area contributed by atoms with Crippen LogP contribution in [0.3, 0.4) is 0 Å². The topological polar surface area (TPSA) is 28.2 Å². The lowest BCUT2D eigenvalue weighted by Crippen LogP contribution is -2.35. The monoisotopic (exact) mass is 275 g/mol. The Balaban J connectivity index is 1.96. The molecule has 0 atom stereocenters. The van der Waals surface area contributed by atoms with Crippen molar-refractivity contribution in [3.63, 3.8) is 0 Å². The van der Waals surface area contributed by atoms with E-state index < -0.39 is 0 Å². The average molecular weight is 275 g/mol. The number of hydrogen-bond acceptors (Lipinski definition) is 3. The van der Waals surface area contributed by atoms with Crippen LogP contribution in [-0.2, 0) is 6.54 Å². The molecule has 1 fully saturated rings. The van der Waals surface area contributed by atoms with Crippen molar-refractivity contribution in [2.24, 2.45) is 5.92 Å². The van der Waals surface area contributed by atoms with Gasteiger partial charge in [0.2, 0.25) is 0 Å². The molecule has 0 amide bonds. The minimum absolute atomic E-state index is 0.666. The van der Waals surface area contributed by atoms with Crippen LogP contribution in [-0.4, -0.2) is 24.6 Å². The molecule has 3 nitrogen and oxygen atoms in total. The van der Waals surface area contributed by atoms with Gasteiger partial charge in [0.05, 0.1) is 0 Å². The van der Waals surface area contributed by atoms with Crippen LogP contribution >= 0.6 is 0 Å². The van der Waals surface area contributed by atoms with E-state index in [1.807, 2.05) is 6.20 Å². The SMILES string of the molecule is CCNCc1ccnc(N(C)C2CCC(CC)CC2)c1. The molecular formula is C17H29N3. The number of hydrogen-bond donors (Lipinski definition) is 1. The fourth-order valence-corrected chi connectivity index (χ4v) is 3.16. The summed E-state index contributed by atoms with van der Waals surface area (Å²) in [4.78, 5) is 6.95. The summed E-state index contributed by atoms with van der Waals surface area (Å²) in [5.41, 5.74) is 1.32. The van der Waals surface area contributed by atoms with Gasteiger partial charge in [-0.25, -0.2) is 4.98 Å². The first-order valence-electron chi connectivity index (χ1n) is 8.13. The molecule has 1 saturated carbocycles. The number of pyridine rings is 1. The van der Waals surface area contributed by atoms with Crippen molar-refractivity contribution in [2.45, 2.75) is 58.5 Å². The molecule has 0 aromatic carbocycles. The molecule has 3 heteroatoms. The molecule has 1 aliphatic carbocycles. The Kier molecular flexibility index (Phi) is 5.84. The number of aromatic nitrogens is 1. The highest BCUT2D eigenvalue weighted by molar-refractivity contribution is 5.41. The zero-order chi connectivity index (χ0) is 14.4. The fraction of sp³-hybridized carbons (Fsp3) is 0.706. The van der Waals surface area contributed by atoms with Crippen molar-refractivity contribution in [2.75, 3.05) is 18.5 Å². The van der Waals surface area contributed by atoms with Gasteiger partial charge in [-0.1, -0.05) is 20.3 Å². The van der Waals surface area contributed by atoms with Crippen molar-refractivity contribution in [3.05, 3.63) is 23.9 Å². The summed E-state index contributed by atoms with van der Waals surface area (Å²) in [5.74, 6) is 2.08. The maximum atomic E-state index is 4.56. The Bertz CT molecular complexity index is 397. The normalized spacial score (nSPS) is 22.8. The zero-order valence-corrected chi connectivity index (χ0v) is 13.2. The van der Waals surface area contributed by atoms with Crippen LogP contribution in [0, 0.1) is 5.92 Å². The van der Waals surface area contributed by atoms with E-state index in [1.165, 1.54) is 37.7 Å². The third kappa shape index (κ3) is 3.95. The molecule has 0 radical (unpaired) electrons. The maximum absolute atomic E-state index is 4.56. The summed E-state index contributed by atoms with van der Waals surface area (Å²) in [5, 5.41) is 3.38. The molecule has 0 saturated heterocycles. The third-order valence-corrected chi connectivity index (χ3v) is 4.69. The van der Waals surface area contributed by atoms with Crippen LogP contribution in [0.5, 0.6) is 0 Å². The first-order chi connectivity index (χ1) is 9.74. The van der Waals surface area contributed by atoms with Crippen LogP contribution in [0.2, 0.25) is 0 Å². The summed E-state index contributed by atoms with van der Waals surface area (Å²) in [7, 11) is 2.20. The van der Waals surface area contributed by atoms with Gasteiger partial charge in [-0.2, -0.15) is 0 Å². The standard InChI is InChI=1S/C17H29N3/c1-4-14-6-8-16(9-7-14)20(3)17-12-15(10-11-19-17)13-18-5-2/h10-12,14,16,18H,4-9,13H2,1-3H3. The molecule has 0 spiro atoms. The lowest BCUT2D eigenvalue weighted by atomic mass is 9.84. The second kappa shape index (κ2) is 7.63. The van der Waals surface area contributed by atoms with Crippen LogP contribution in [0.1, 0.15) is 51.5 Å². The molecular weight excluding hydrogens is 246 g/mol. The first kappa shape index (κ1) is 15.3. The number of nitrogens with one attached hydrogen (secondary N) is 1. The van der Waals surface area contributed by atoms with Crippen molar-refractivity contribution in [3.8, 4) is 0 Å². The second-order valence-electron chi connectivity index (χ2n) is 6.00. The predicted octanol–water partition coefficient (Wildman–Crippen LogP) is 3.60. The molecule has 1 aliphatic rings. The lowest BCUT2D eigenvalue weighted by molar-refractivity contribution is 0.313. The molecule has 0 bridgehead atoms. The van der Waals surface area contributed by atoms with E-state index in [-0.39, 0.29) is 0 Å². The van der Waals surface area contributed by atoms with Crippen LogP contribution in [0.25, 0.3) is 0 Å². The summed E-state index contributed by atoms with van der Waals surface area (Å²) >= 11 is 0. The highest BCUT2D eigenvalue weighted by Gasteiger charge is 2.23. The highest BCUT2D eigenvalue weighted by atomic mass is 15.2. The minimum atomic E-state index is 0.666. The maximum Gasteiger partial charge on any atom is 0.128 e. The summed E-state index contributed by atoms with van der Waals surface area (Å²) in [6.45, 7) is 6.40. The van der Waals surface area contributed by atoms with E-state index >= 15 is 0 Å². The Morgan fingerprint density at radius 2 is 2.00 bits per heavy atom. The van der Waals surface area contributed by atoms with E-state index in [4.69, 9.17) is 0 Å². The molecule has 112 valence electrons. The molecule has 2 rings (SSSR count). The molecule has 1 aromatic rings. The van der Waals surface area contributed by atoms with Gasteiger partial charge in [0.1, 0.15) is 5.82 Å². The van der Waals surface area contributed by atoms with Gasteiger partial charge in [0.25, 0.3) is 0 Å². The van der Waals surface area contributed by atoms with Gasteiger partial charge in [-0.05, 0) is 55.8 Å². The summed E-state index contributed by atoms with van der Waals surface area (Å²) < 4.78 is 0.